The van der Waals surface area contributed by atoms with Crippen molar-refractivity contribution >= 4 is 17.9 Å². The van der Waals surface area contributed by atoms with Gasteiger partial charge >= 0.3 is 17.9 Å². The summed E-state index contributed by atoms with van der Waals surface area (Å²) < 4.78 is 16.8. The van der Waals surface area contributed by atoms with Crippen LogP contribution in [-0.4, -0.2) is 37.2 Å². The molecule has 0 heterocycles. The molecule has 0 aromatic rings. The van der Waals surface area contributed by atoms with Crippen LogP contribution in [0.1, 0.15) is 233 Å². The monoisotopic (exact) mass is 889 g/mol. The molecule has 6 nitrogen and oxygen atoms in total. The van der Waals surface area contributed by atoms with Gasteiger partial charge in [0.25, 0.3) is 0 Å². The molecule has 0 spiro atoms. The summed E-state index contributed by atoms with van der Waals surface area (Å²) in [5.74, 6) is -0.934. The first-order chi connectivity index (χ1) is 31.5. The number of carbonyl (C=O) groups excluding carboxylic acids is 3. The zero-order valence-corrected chi connectivity index (χ0v) is 41.5. The molecule has 0 rings (SSSR count). The van der Waals surface area contributed by atoms with E-state index < -0.39 is 6.10 Å². The average molecular weight is 889 g/mol. The highest BCUT2D eigenvalue weighted by Gasteiger charge is 2.19. The largest absolute Gasteiger partial charge is 0.462 e. The second kappa shape index (κ2) is 52.0. The maximum atomic E-state index is 12.8. The number of allylic oxidation sites excluding steroid dienone is 16. The molecule has 0 saturated heterocycles. The van der Waals surface area contributed by atoms with Gasteiger partial charge in [-0.15, -0.1) is 0 Å². The molecule has 0 aliphatic carbocycles. The zero-order chi connectivity index (χ0) is 46.5. The van der Waals surface area contributed by atoms with Gasteiger partial charge in [-0.2, -0.15) is 0 Å². The van der Waals surface area contributed by atoms with Crippen molar-refractivity contribution in [3.63, 3.8) is 0 Å². The van der Waals surface area contributed by atoms with Crippen LogP contribution in [0, 0.1) is 0 Å². The molecule has 0 bridgehead atoms. The Balaban J connectivity index is 4.41. The number of rotatable bonds is 46. The first kappa shape index (κ1) is 60.3. The third-order valence-electron chi connectivity index (χ3n) is 10.9. The van der Waals surface area contributed by atoms with Crippen molar-refractivity contribution in [2.75, 3.05) is 13.2 Å². The van der Waals surface area contributed by atoms with E-state index in [1.807, 2.05) is 0 Å². The smallest absolute Gasteiger partial charge is 0.306 e. The summed E-state index contributed by atoms with van der Waals surface area (Å²) in [6, 6.07) is 0. The minimum Gasteiger partial charge on any atom is -0.462 e. The van der Waals surface area contributed by atoms with E-state index in [-0.39, 0.29) is 31.1 Å². The standard InChI is InChI=1S/C58H96O6/c1-4-7-10-13-16-19-21-23-25-27-29-31-32-34-36-39-42-45-48-51-57(60)63-54-55(53-62-56(59)50-47-44-41-38-18-15-12-9-6-3)64-58(61)52-49-46-43-40-37-35-33-30-28-26-24-22-20-17-14-11-8-5-2/h7,10,16-17,19-20,22-26,28-31,33,55H,4-6,8-9,11-15,18,21,27,32,34-54H2,1-3H3/b10-7-,19-16-,20-17-,24-22-,25-23-,28-26-,31-29-,33-30-. The summed E-state index contributed by atoms with van der Waals surface area (Å²) in [7, 11) is 0. The zero-order valence-electron chi connectivity index (χ0n) is 41.5. The lowest BCUT2D eigenvalue weighted by Gasteiger charge is -2.18. The number of carbonyl (C=O) groups is 3. The number of ether oxygens (including phenoxy) is 3. The van der Waals surface area contributed by atoms with E-state index in [2.05, 4.69) is 118 Å². The fraction of sp³-hybridized carbons (Fsp3) is 0.672. The fourth-order valence-corrected chi connectivity index (χ4v) is 6.97. The first-order valence-corrected chi connectivity index (χ1v) is 26.3. The Morgan fingerprint density at radius 1 is 0.344 bits per heavy atom. The third-order valence-corrected chi connectivity index (χ3v) is 10.9. The van der Waals surface area contributed by atoms with Crippen LogP contribution in [0.25, 0.3) is 0 Å². The van der Waals surface area contributed by atoms with Crippen molar-refractivity contribution < 1.29 is 28.6 Å². The lowest BCUT2D eigenvalue weighted by molar-refractivity contribution is -0.167. The Kier molecular flexibility index (Phi) is 49.0. The summed E-state index contributed by atoms with van der Waals surface area (Å²) >= 11 is 0. The molecule has 0 saturated carbocycles. The number of esters is 3. The molecule has 6 heteroatoms. The van der Waals surface area contributed by atoms with Crippen LogP contribution in [0.5, 0.6) is 0 Å². The van der Waals surface area contributed by atoms with E-state index in [9.17, 15) is 14.4 Å². The third kappa shape index (κ3) is 49.3. The normalized spacial score (nSPS) is 12.9. The lowest BCUT2D eigenvalue weighted by Crippen LogP contribution is -2.30. The highest BCUT2D eigenvalue weighted by molar-refractivity contribution is 5.71. The van der Waals surface area contributed by atoms with Crippen molar-refractivity contribution in [1.82, 2.24) is 0 Å². The molecule has 64 heavy (non-hydrogen) atoms. The van der Waals surface area contributed by atoms with Gasteiger partial charge < -0.3 is 14.2 Å². The van der Waals surface area contributed by atoms with Crippen molar-refractivity contribution in [3.8, 4) is 0 Å². The Hall–Kier alpha value is -3.67. The molecule has 0 aromatic carbocycles. The maximum absolute atomic E-state index is 12.8. The molecule has 0 radical (unpaired) electrons. The van der Waals surface area contributed by atoms with E-state index in [0.29, 0.717) is 19.3 Å². The first-order valence-electron chi connectivity index (χ1n) is 26.3. The van der Waals surface area contributed by atoms with Crippen LogP contribution in [0.2, 0.25) is 0 Å². The van der Waals surface area contributed by atoms with Crippen LogP contribution in [-0.2, 0) is 28.6 Å². The van der Waals surface area contributed by atoms with E-state index in [1.54, 1.807) is 0 Å². The van der Waals surface area contributed by atoms with Crippen LogP contribution in [0.3, 0.4) is 0 Å². The average Bonchev–Trinajstić information content (AvgIpc) is 3.29. The SMILES string of the molecule is CC/C=C\C/C=C\C/C=C\C/C=C\CCCCCCCCC(=O)OCC(COC(=O)CCCCCCCCCCC)OC(=O)CCCCCCC\C=C/C=C\C=C/C=C\CCCCC. The van der Waals surface area contributed by atoms with Gasteiger partial charge in [-0.05, 0) is 83.5 Å². The summed E-state index contributed by atoms with van der Waals surface area (Å²) in [4.78, 5) is 37.9. The van der Waals surface area contributed by atoms with Crippen molar-refractivity contribution in [2.24, 2.45) is 0 Å². The van der Waals surface area contributed by atoms with Gasteiger partial charge in [0.05, 0.1) is 0 Å². The van der Waals surface area contributed by atoms with Gasteiger partial charge in [0.2, 0.25) is 0 Å². The number of hydrogen-bond donors (Lipinski definition) is 0. The van der Waals surface area contributed by atoms with Crippen LogP contribution >= 0.6 is 0 Å². The lowest BCUT2D eigenvalue weighted by atomic mass is 10.1. The van der Waals surface area contributed by atoms with Gasteiger partial charge in [0.1, 0.15) is 13.2 Å². The number of unbranched alkanes of at least 4 members (excludes halogenated alkanes) is 22. The summed E-state index contributed by atoms with van der Waals surface area (Å²) in [6.07, 6.45) is 68.1. The van der Waals surface area contributed by atoms with Gasteiger partial charge in [-0.3, -0.25) is 14.4 Å². The maximum Gasteiger partial charge on any atom is 0.306 e. The molecule has 1 unspecified atom stereocenters. The molecule has 364 valence electrons. The number of hydrogen-bond acceptors (Lipinski definition) is 6. The van der Waals surface area contributed by atoms with Crippen molar-refractivity contribution in [1.29, 1.82) is 0 Å². The van der Waals surface area contributed by atoms with Crippen molar-refractivity contribution in [3.05, 3.63) is 97.2 Å². The molecule has 0 aliphatic rings. The quantitative estimate of drug-likeness (QED) is 0.0199. The molecule has 0 fully saturated rings. The summed E-state index contributed by atoms with van der Waals surface area (Å²) in [5.41, 5.74) is 0. The Labute approximate surface area is 394 Å². The highest BCUT2D eigenvalue weighted by atomic mass is 16.6. The molecular weight excluding hydrogens is 793 g/mol. The molecule has 0 aromatic heterocycles. The topological polar surface area (TPSA) is 78.9 Å². The van der Waals surface area contributed by atoms with E-state index >= 15 is 0 Å². The van der Waals surface area contributed by atoms with E-state index in [1.165, 1.54) is 70.6 Å². The van der Waals surface area contributed by atoms with Crippen molar-refractivity contribution in [2.45, 2.75) is 239 Å². The molecule has 0 N–H and O–H groups in total. The summed E-state index contributed by atoms with van der Waals surface area (Å²) in [6.45, 7) is 6.43. The van der Waals surface area contributed by atoms with Gasteiger partial charge in [-0.1, -0.05) is 227 Å². The predicted molar refractivity (Wildman–Crippen MR) is 274 cm³/mol. The van der Waals surface area contributed by atoms with Crippen LogP contribution < -0.4 is 0 Å². The molecule has 1 atom stereocenters. The minimum atomic E-state index is -0.794. The molecular formula is C58H96O6. The van der Waals surface area contributed by atoms with E-state index in [0.717, 1.165) is 122 Å². The van der Waals surface area contributed by atoms with Crippen LogP contribution in [0.15, 0.2) is 97.2 Å². The fourth-order valence-electron chi connectivity index (χ4n) is 6.97. The van der Waals surface area contributed by atoms with Gasteiger partial charge in [-0.25, -0.2) is 0 Å². The van der Waals surface area contributed by atoms with Gasteiger partial charge in [0.15, 0.2) is 6.10 Å². The van der Waals surface area contributed by atoms with Crippen LogP contribution in [0.4, 0.5) is 0 Å². The predicted octanol–water partition coefficient (Wildman–Crippen LogP) is 17.4. The highest BCUT2D eigenvalue weighted by Crippen LogP contribution is 2.14. The second-order valence-corrected chi connectivity index (χ2v) is 17.1. The summed E-state index contributed by atoms with van der Waals surface area (Å²) in [5, 5.41) is 0. The van der Waals surface area contributed by atoms with E-state index in [4.69, 9.17) is 14.2 Å². The molecule has 0 aliphatic heterocycles. The minimum absolute atomic E-state index is 0.0919. The Bertz CT molecular complexity index is 1300. The van der Waals surface area contributed by atoms with Gasteiger partial charge in [0, 0.05) is 19.3 Å². The Morgan fingerprint density at radius 3 is 1.12 bits per heavy atom. The Morgan fingerprint density at radius 2 is 0.672 bits per heavy atom. The molecule has 0 amide bonds. The second-order valence-electron chi connectivity index (χ2n) is 17.1.